The highest BCUT2D eigenvalue weighted by Gasteiger charge is 2.12. The smallest absolute Gasteiger partial charge is 0.225 e. The number of amides is 1. The number of nitrogens with one attached hydrogen (secondary N) is 3. The fraction of sp³-hybridized carbons (Fsp3) is 0.600. The van der Waals surface area contributed by atoms with Crippen molar-refractivity contribution in [1.29, 1.82) is 0 Å². The third-order valence-electron chi connectivity index (χ3n) is 5.86. The van der Waals surface area contributed by atoms with Gasteiger partial charge >= 0.3 is 0 Å². The van der Waals surface area contributed by atoms with E-state index in [2.05, 4.69) is 33.9 Å². The number of benzene rings is 1. The molecule has 176 valence electrons. The van der Waals surface area contributed by atoms with Gasteiger partial charge in [-0.2, -0.15) is 0 Å². The van der Waals surface area contributed by atoms with Gasteiger partial charge in [-0.1, -0.05) is 23.8 Å². The number of carbonyl (C=O) groups excluding carboxylic acids is 1. The van der Waals surface area contributed by atoms with Gasteiger partial charge in [-0.05, 0) is 56.7 Å². The van der Waals surface area contributed by atoms with Crippen molar-refractivity contribution < 1.29 is 9.53 Å². The van der Waals surface area contributed by atoms with Gasteiger partial charge in [0.05, 0.1) is 19.8 Å². The van der Waals surface area contributed by atoms with Gasteiger partial charge < -0.3 is 20.7 Å². The lowest BCUT2D eigenvalue weighted by atomic mass is 9.97. The minimum Gasteiger partial charge on any atom is -0.379 e. The van der Waals surface area contributed by atoms with Crippen LogP contribution in [0.5, 0.6) is 0 Å². The van der Waals surface area contributed by atoms with Crippen LogP contribution in [0.1, 0.15) is 51.0 Å². The molecule has 1 saturated heterocycles. The number of rotatable bonds is 10. The van der Waals surface area contributed by atoms with E-state index >= 15 is 0 Å². The molecule has 32 heavy (non-hydrogen) atoms. The third-order valence-corrected chi connectivity index (χ3v) is 5.86. The van der Waals surface area contributed by atoms with E-state index in [1.54, 1.807) is 5.57 Å². The van der Waals surface area contributed by atoms with Crippen molar-refractivity contribution in [3.05, 3.63) is 41.5 Å². The van der Waals surface area contributed by atoms with E-state index in [1.165, 1.54) is 25.7 Å². The molecular weight excluding hydrogens is 402 g/mol. The summed E-state index contributed by atoms with van der Waals surface area (Å²) < 4.78 is 5.36. The predicted molar refractivity (Wildman–Crippen MR) is 131 cm³/mol. The number of morpholine rings is 1. The number of anilines is 1. The molecule has 1 fully saturated rings. The molecule has 3 rings (SSSR count). The van der Waals surface area contributed by atoms with Gasteiger partial charge in [0.2, 0.25) is 5.91 Å². The van der Waals surface area contributed by atoms with Crippen LogP contribution < -0.4 is 16.0 Å². The highest BCUT2D eigenvalue weighted by atomic mass is 16.5. The molecule has 0 saturated carbocycles. The van der Waals surface area contributed by atoms with Crippen molar-refractivity contribution in [2.75, 3.05) is 51.3 Å². The lowest BCUT2D eigenvalue weighted by molar-refractivity contribution is -0.116. The van der Waals surface area contributed by atoms with Crippen LogP contribution in [-0.2, 0) is 16.1 Å². The highest BCUT2D eigenvalue weighted by Crippen LogP contribution is 2.19. The minimum absolute atomic E-state index is 0.0455. The Morgan fingerprint density at radius 1 is 1.19 bits per heavy atom. The molecule has 7 heteroatoms. The monoisotopic (exact) mass is 441 g/mol. The van der Waals surface area contributed by atoms with Crippen molar-refractivity contribution in [1.82, 2.24) is 15.5 Å². The number of allylic oxidation sites excluding steroid dienone is 1. The summed E-state index contributed by atoms with van der Waals surface area (Å²) in [4.78, 5) is 19.3. The zero-order valence-corrected chi connectivity index (χ0v) is 19.5. The van der Waals surface area contributed by atoms with Crippen LogP contribution in [0.4, 0.5) is 5.69 Å². The van der Waals surface area contributed by atoms with E-state index in [0.29, 0.717) is 13.0 Å². The molecule has 3 N–H and O–H groups in total. The second-order valence-corrected chi connectivity index (χ2v) is 8.43. The molecule has 1 aromatic rings. The summed E-state index contributed by atoms with van der Waals surface area (Å²) in [6.07, 6.45) is 9.08. The molecule has 1 amide bonds. The number of hydrogen-bond donors (Lipinski definition) is 3. The van der Waals surface area contributed by atoms with Gasteiger partial charge in [-0.25, -0.2) is 4.99 Å². The number of carbonyl (C=O) groups is 1. The molecule has 1 aromatic carbocycles. The lowest BCUT2D eigenvalue weighted by Crippen LogP contribution is -2.38. The van der Waals surface area contributed by atoms with Crippen LogP contribution in [0.3, 0.4) is 0 Å². The van der Waals surface area contributed by atoms with Gasteiger partial charge in [0, 0.05) is 44.8 Å². The molecule has 1 aliphatic heterocycles. The summed E-state index contributed by atoms with van der Waals surface area (Å²) in [5, 5.41) is 9.79. The van der Waals surface area contributed by atoms with Crippen LogP contribution >= 0.6 is 0 Å². The van der Waals surface area contributed by atoms with E-state index in [4.69, 9.17) is 9.73 Å². The van der Waals surface area contributed by atoms with Gasteiger partial charge in [-0.15, -0.1) is 0 Å². The molecule has 0 spiro atoms. The molecule has 0 unspecified atom stereocenters. The third kappa shape index (κ3) is 9.01. The van der Waals surface area contributed by atoms with E-state index in [1.807, 2.05) is 24.3 Å². The molecule has 1 heterocycles. The summed E-state index contributed by atoms with van der Waals surface area (Å²) in [5.74, 6) is 0.882. The highest BCUT2D eigenvalue weighted by molar-refractivity contribution is 5.90. The fourth-order valence-corrected chi connectivity index (χ4v) is 4.04. The SMILES string of the molecule is CCNC(=NCc1cccc(NC(=O)CCN2CCOCC2)c1)NCCC1=CCCCC1. The molecule has 0 aromatic heterocycles. The van der Waals surface area contributed by atoms with Gasteiger partial charge in [0.1, 0.15) is 0 Å². The maximum absolute atomic E-state index is 12.3. The standard InChI is InChI=1S/C25H39N5O2/c1-2-26-25(27-13-11-21-7-4-3-5-8-21)28-20-22-9-6-10-23(19-22)29-24(31)12-14-30-15-17-32-18-16-30/h6-7,9-10,19H,2-5,8,11-18,20H2,1H3,(H,29,31)(H2,26,27,28). The first-order valence-corrected chi connectivity index (χ1v) is 12.1. The largest absolute Gasteiger partial charge is 0.379 e. The van der Waals surface area contributed by atoms with Crippen molar-refractivity contribution in [2.24, 2.45) is 4.99 Å². The van der Waals surface area contributed by atoms with Crippen LogP contribution in [0.25, 0.3) is 0 Å². The van der Waals surface area contributed by atoms with E-state index in [-0.39, 0.29) is 5.91 Å². The molecule has 0 bridgehead atoms. The quantitative estimate of drug-likeness (QED) is 0.295. The Morgan fingerprint density at radius 3 is 2.84 bits per heavy atom. The maximum Gasteiger partial charge on any atom is 0.225 e. The first-order valence-electron chi connectivity index (χ1n) is 12.1. The Labute approximate surface area is 192 Å². The Hall–Kier alpha value is -2.38. The Kier molecular flexibility index (Phi) is 10.5. The Morgan fingerprint density at radius 2 is 2.06 bits per heavy atom. The minimum atomic E-state index is 0.0455. The van der Waals surface area contributed by atoms with Crippen molar-refractivity contribution in [2.45, 2.75) is 52.0 Å². The van der Waals surface area contributed by atoms with Crippen LogP contribution in [0, 0.1) is 0 Å². The summed E-state index contributed by atoms with van der Waals surface area (Å²) in [6.45, 7) is 8.46. The second kappa shape index (κ2) is 13.9. The van der Waals surface area contributed by atoms with Crippen molar-refractivity contribution in [3.8, 4) is 0 Å². The zero-order valence-electron chi connectivity index (χ0n) is 19.5. The molecular formula is C25H39N5O2. The number of aliphatic imine (C=N–C) groups is 1. The Balaban J connectivity index is 1.45. The molecule has 2 aliphatic rings. The molecule has 0 radical (unpaired) electrons. The Bertz CT molecular complexity index is 771. The summed E-state index contributed by atoms with van der Waals surface area (Å²) in [6, 6.07) is 7.95. The molecule has 7 nitrogen and oxygen atoms in total. The topological polar surface area (TPSA) is 78.0 Å². The second-order valence-electron chi connectivity index (χ2n) is 8.43. The normalized spacial score (nSPS) is 17.5. The number of nitrogens with zero attached hydrogens (tertiary/aromatic N) is 2. The van der Waals surface area contributed by atoms with Gasteiger partial charge in [0.25, 0.3) is 0 Å². The number of guanidine groups is 1. The summed E-state index contributed by atoms with van der Waals surface area (Å²) in [5.41, 5.74) is 3.46. The summed E-state index contributed by atoms with van der Waals surface area (Å²) in [7, 11) is 0. The van der Waals surface area contributed by atoms with Crippen LogP contribution in [0.2, 0.25) is 0 Å². The van der Waals surface area contributed by atoms with E-state index in [9.17, 15) is 4.79 Å². The maximum atomic E-state index is 12.3. The average Bonchev–Trinajstić information content (AvgIpc) is 2.83. The van der Waals surface area contributed by atoms with Crippen molar-refractivity contribution >= 4 is 17.6 Å². The number of hydrogen-bond acceptors (Lipinski definition) is 4. The first kappa shape index (κ1) is 24.3. The van der Waals surface area contributed by atoms with Crippen molar-refractivity contribution in [3.63, 3.8) is 0 Å². The number of ether oxygens (including phenoxy) is 1. The summed E-state index contributed by atoms with van der Waals surface area (Å²) >= 11 is 0. The van der Waals surface area contributed by atoms with Gasteiger partial charge in [0.15, 0.2) is 5.96 Å². The first-order chi connectivity index (χ1) is 15.7. The molecule has 0 atom stereocenters. The van der Waals surface area contributed by atoms with Gasteiger partial charge in [-0.3, -0.25) is 9.69 Å². The average molecular weight is 442 g/mol. The fourth-order valence-electron chi connectivity index (χ4n) is 4.04. The van der Waals surface area contributed by atoms with E-state index < -0.39 is 0 Å². The molecule has 1 aliphatic carbocycles. The van der Waals surface area contributed by atoms with Crippen LogP contribution in [0.15, 0.2) is 40.9 Å². The van der Waals surface area contributed by atoms with Crippen LogP contribution in [-0.4, -0.2) is 62.7 Å². The van der Waals surface area contributed by atoms with E-state index in [0.717, 1.165) is 69.6 Å². The lowest BCUT2D eigenvalue weighted by Gasteiger charge is -2.26. The zero-order chi connectivity index (χ0) is 22.4. The predicted octanol–water partition coefficient (Wildman–Crippen LogP) is 3.29.